The molecule has 2 aliphatic heterocycles. The molecule has 0 aromatic carbocycles. The van der Waals surface area contributed by atoms with Gasteiger partial charge in [-0.1, -0.05) is 33.2 Å². The fraction of sp³-hybridized carbons (Fsp3) is 0.250. The summed E-state index contributed by atoms with van der Waals surface area (Å²) in [5.74, 6) is -2.18. The molecule has 0 radical (unpaired) electrons. The van der Waals surface area contributed by atoms with E-state index in [1.54, 1.807) is 29.2 Å². The van der Waals surface area contributed by atoms with Gasteiger partial charge in [-0.3, -0.25) is 14.5 Å². The third-order valence-corrected chi connectivity index (χ3v) is 7.98. The zero-order valence-electron chi connectivity index (χ0n) is 18.5. The average molecular weight is 550 g/mol. The SMILES string of the molecule is CO/N=C(\C(=O)N[C@@H]1C(=O)N2C(C(=O)O)=C(C[n+]3ccn4ncccc43)CS[C@H]12)c1nc(N)sc1Cl. The predicted molar refractivity (Wildman–Crippen MR) is 130 cm³/mol. The third-order valence-electron chi connectivity index (χ3n) is 5.56. The number of nitrogens with one attached hydrogen (secondary N) is 1. The van der Waals surface area contributed by atoms with E-state index < -0.39 is 29.2 Å². The highest BCUT2D eigenvalue weighted by Crippen LogP contribution is 2.40. The number of carboxylic acid groups (broad SMARTS) is 1. The van der Waals surface area contributed by atoms with Crippen LogP contribution in [0.4, 0.5) is 5.13 Å². The molecule has 0 aliphatic carbocycles. The molecule has 2 aliphatic rings. The molecule has 5 rings (SSSR count). The van der Waals surface area contributed by atoms with Crippen molar-refractivity contribution in [2.24, 2.45) is 5.16 Å². The molecule has 3 aromatic heterocycles. The van der Waals surface area contributed by atoms with E-state index in [-0.39, 0.29) is 33.1 Å². The number of carbonyl (C=O) groups excluding carboxylic acids is 2. The van der Waals surface area contributed by atoms with Crippen molar-refractivity contribution in [3.8, 4) is 0 Å². The van der Waals surface area contributed by atoms with Crippen molar-refractivity contribution >= 4 is 69.0 Å². The Morgan fingerprint density at radius 3 is 2.97 bits per heavy atom. The summed E-state index contributed by atoms with van der Waals surface area (Å²) in [6.07, 6.45) is 5.20. The number of fused-ring (bicyclic) bond motifs is 2. The summed E-state index contributed by atoms with van der Waals surface area (Å²) in [7, 11) is 1.25. The third kappa shape index (κ3) is 4.04. The second-order valence-electron chi connectivity index (χ2n) is 7.67. The molecule has 1 saturated heterocycles. The van der Waals surface area contributed by atoms with Gasteiger partial charge in [-0.15, -0.1) is 16.3 Å². The summed E-state index contributed by atoms with van der Waals surface area (Å²) < 4.78 is 3.66. The second-order valence-corrected chi connectivity index (χ2v) is 10.4. The minimum Gasteiger partial charge on any atom is -0.477 e. The van der Waals surface area contributed by atoms with E-state index in [4.69, 9.17) is 22.2 Å². The normalized spacial score (nSPS) is 19.8. The van der Waals surface area contributed by atoms with Gasteiger partial charge in [-0.05, 0) is 6.07 Å². The number of imidazole rings is 1. The fourth-order valence-corrected chi connectivity index (χ4v) is 6.30. The van der Waals surface area contributed by atoms with Crippen LogP contribution in [0.25, 0.3) is 5.65 Å². The molecule has 1 fully saturated rings. The van der Waals surface area contributed by atoms with Crippen molar-refractivity contribution in [3.05, 3.63) is 52.0 Å². The number of hydrogen-bond acceptors (Lipinski definition) is 10. The number of aliphatic carboxylic acids is 1. The number of thioether (sulfide) groups is 1. The number of anilines is 1. The molecule has 4 N–H and O–H groups in total. The lowest BCUT2D eigenvalue weighted by molar-refractivity contribution is -0.662. The number of β-lactam (4-membered cyclic amide) rings is 1. The Hall–Kier alpha value is -3.69. The van der Waals surface area contributed by atoms with Crippen molar-refractivity contribution < 1.29 is 28.9 Å². The number of aromatic nitrogens is 4. The Balaban J connectivity index is 1.38. The molecule has 2 atom stereocenters. The molecule has 0 bridgehead atoms. The van der Waals surface area contributed by atoms with E-state index in [9.17, 15) is 19.5 Å². The molecular weight excluding hydrogens is 532 g/mol. The number of halogens is 1. The highest BCUT2D eigenvalue weighted by Gasteiger charge is 2.54. The van der Waals surface area contributed by atoms with Crippen molar-refractivity contribution in [2.75, 3.05) is 18.6 Å². The first kappa shape index (κ1) is 24.0. The van der Waals surface area contributed by atoms with Crippen LogP contribution >= 0.6 is 34.7 Å². The van der Waals surface area contributed by atoms with Gasteiger partial charge in [0.1, 0.15) is 47.0 Å². The summed E-state index contributed by atoms with van der Waals surface area (Å²) in [4.78, 5) is 48.2. The van der Waals surface area contributed by atoms with E-state index in [1.165, 1.54) is 23.8 Å². The number of thiazole rings is 1. The Bertz CT molecular complexity index is 1470. The first-order chi connectivity index (χ1) is 17.3. The van der Waals surface area contributed by atoms with Gasteiger partial charge < -0.3 is 21.0 Å². The van der Waals surface area contributed by atoms with Crippen molar-refractivity contribution in [1.82, 2.24) is 24.8 Å². The quantitative estimate of drug-likeness (QED) is 0.160. The topological polar surface area (TPSA) is 168 Å². The zero-order chi connectivity index (χ0) is 25.6. The summed E-state index contributed by atoms with van der Waals surface area (Å²) >= 11 is 8.43. The lowest BCUT2D eigenvalue weighted by Gasteiger charge is -2.49. The number of amides is 2. The lowest BCUT2D eigenvalue weighted by Crippen LogP contribution is -2.71. The van der Waals surface area contributed by atoms with Gasteiger partial charge >= 0.3 is 11.6 Å². The van der Waals surface area contributed by atoms with Crippen molar-refractivity contribution in [3.63, 3.8) is 0 Å². The molecule has 0 saturated carbocycles. The maximum atomic E-state index is 13.0. The number of rotatable bonds is 7. The van der Waals surface area contributed by atoms with Crippen LogP contribution in [0.15, 0.2) is 47.1 Å². The highest BCUT2D eigenvalue weighted by atomic mass is 35.5. The van der Waals surface area contributed by atoms with Crippen LogP contribution in [-0.2, 0) is 25.8 Å². The van der Waals surface area contributed by atoms with Crippen LogP contribution in [0.1, 0.15) is 5.69 Å². The molecule has 0 unspecified atom stereocenters. The summed E-state index contributed by atoms with van der Waals surface area (Å²) in [5, 5.41) is 20.0. The van der Waals surface area contributed by atoms with Gasteiger partial charge in [0.25, 0.3) is 11.8 Å². The van der Waals surface area contributed by atoms with Crippen molar-refractivity contribution in [1.29, 1.82) is 0 Å². The van der Waals surface area contributed by atoms with Crippen LogP contribution in [0.3, 0.4) is 0 Å². The maximum Gasteiger partial charge on any atom is 0.352 e. The smallest absolute Gasteiger partial charge is 0.352 e. The van der Waals surface area contributed by atoms with Gasteiger partial charge in [0.05, 0.1) is 6.20 Å². The number of nitrogens with zero attached hydrogens (tertiary/aromatic N) is 6. The Kier molecular flexibility index (Phi) is 6.27. The number of nitrogen functional groups attached to an aromatic ring is 1. The molecule has 0 spiro atoms. The summed E-state index contributed by atoms with van der Waals surface area (Å²) in [5.41, 5.74) is 6.68. The number of carbonyl (C=O) groups is 3. The summed E-state index contributed by atoms with van der Waals surface area (Å²) in [6.45, 7) is 0.263. The largest absolute Gasteiger partial charge is 0.477 e. The Labute approximate surface area is 216 Å². The highest BCUT2D eigenvalue weighted by molar-refractivity contribution is 8.00. The van der Waals surface area contributed by atoms with E-state index in [0.29, 0.717) is 11.3 Å². The maximum absolute atomic E-state index is 13.0. The molecule has 186 valence electrons. The van der Waals surface area contributed by atoms with Crippen LogP contribution in [-0.4, -0.2) is 72.4 Å². The second kappa shape index (κ2) is 9.40. The number of oxime groups is 1. The van der Waals surface area contributed by atoms with E-state index in [0.717, 1.165) is 17.0 Å². The average Bonchev–Trinajstić information content (AvgIpc) is 3.42. The Morgan fingerprint density at radius 1 is 1.47 bits per heavy atom. The van der Waals surface area contributed by atoms with E-state index in [2.05, 4.69) is 20.6 Å². The van der Waals surface area contributed by atoms with Gasteiger partial charge in [0.2, 0.25) is 0 Å². The van der Waals surface area contributed by atoms with Crippen LogP contribution in [0.5, 0.6) is 0 Å². The van der Waals surface area contributed by atoms with E-state index in [1.807, 2.05) is 10.6 Å². The number of hydrogen-bond donors (Lipinski definition) is 3. The molecular formula is C20H18ClN8O5S2+. The van der Waals surface area contributed by atoms with Crippen LogP contribution in [0.2, 0.25) is 4.34 Å². The molecule has 36 heavy (non-hydrogen) atoms. The summed E-state index contributed by atoms with van der Waals surface area (Å²) in [6, 6.07) is 2.67. The minimum atomic E-state index is -1.22. The standard InChI is InChI=1S/C20H17ClN8O5S2/c1-34-26-12(11-15(21)36-20(22)25-11)16(30)24-13-17(31)29-14(19(32)33)9(8-35-18(13)29)7-27-5-6-28-10(27)3-2-4-23-28/h2-6,13,18H,7-8H2,1H3,(H3-,22,24,25,30,32,33)/p+1/b26-12-/t13-,18-/m1/s1. The van der Waals surface area contributed by atoms with Gasteiger partial charge in [0, 0.05) is 17.4 Å². The lowest BCUT2D eigenvalue weighted by atomic mass is 10.0. The van der Waals surface area contributed by atoms with Gasteiger partial charge in [0.15, 0.2) is 17.0 Å². The molecule has 16 heteroatoms. The molecule has 2 amide bonds. The van der Waals surface area contributed by atoms with Gasteiger partial charge in [-0.2, -0.15) is 0 Å². The molecule has 13 nitrogen and oxygen atoms in total. The van der Waals surface area contributed by atoms with Crippen LogP contribution < -0.4 is 15.6 Å². The number of nitrogens with two attached hydrogens (primary N) is 1. The van der Waals surface area contributed by atoms with Gasteiger partial charge in [-0.25, -0.2) is 14.3 Å². The fourth-order valence-electron chi connectivity index (χ4n) is 4.04. The predicted octanol–water partition coefficient (Wildman–Crippen LogP) is 0.103. The van der Waals surface area contributed by atoms with Crippen molar-refractivity contribution in [2.45, 2.75) is 18.0 Å². The molecule has 3 aromatic rings. The first-order valence-electron chi connectivity index (χ1n) is 10.4. The number of carboxylic acids is 1. The first-order valence-corrected chi connectivity index (χ1v) is 12.6. The monoisotopic (exact) mass is 549 g/mol. The van der Waals surface area contributed by atoms with Crippen LogP contribution in [0, 0.1) is 0 Å². The molecule has 5 heterocycles. The van der Waals surface area contributed by atoms with E-state index >= 15 is 0 Å². The minimum absolute atomic E-state index is 0.0261. The zero-order valence-corrected chi connectivity index (χ0v) is 20.9. The Morgan fingerprint density at radius 2 is 2.28 bits per heavy atom.